The number of benzene rings is 1. The average Bonchev–Trinajstić information content (AvgIpc) is 3.44. The molecule has 8 nitrogen and oxygen atoms in total. The van der Waals surface area contributed by atoms with Crippen molar-refractivity contribution < 1.29 is 13.9 Å². The summed E-state index contributed by atoms with van der Waals surface area (Å²) in [5.74, 6) is -0.0987. The Hall–Kier alpha value is -3.40. The first-order valence-corrected chi connectivity index (χ1v) is 11.8. The number of hydrogen-bond donors (Lipinski definition) is 1. The van der Waals surface area contributed by atoms with Gasteiger partial charge in [-0.1, -0.05) is 11.3 Å². The van der Waals surface area contributed by atoms with Crippen LogP contribution in [0.25, 0.3) is 5.65 Å². The summed E-state index contributed by atoms with van der Waals surface area (Å²) < 4.78 is 23.3. The van der Waals surface area contributed by atoms with Gasteiger partial charge in [0, 0.05) is 29.4 Å². The van der Waals surface area contributed by atoms with Crippen LogP contribution in [-0.4, -0.2) is 43.7 Å². The Morgan fingerprint density at radius 2 is 2.09 bits per heavy atom. The smallest absolute Gasteiger partial charge is 0.273 e. The van der Waals surface area contributed by atoms with Gasteiger partial charge in [-0.05, 0) is 48.8 Å². The van der Waals surface area contributed by atoms with Gasteiger partial charge >= 0.3 is 0 Å². The molecule has 0 bridgehead atoms. The minimum Gasteiger partial charge on any atom is -0.494 e. The van der Waals surface area contributed by atoms with Gasteiger partial charge in [0.25, 0.3) is 5.91 Å². The summed E-state index contributed by atoms with van der Waals surface area (Å²) in [6.07, 6.45) is 10.0. The fourth-order valence-electron chi connectivity index (χ4n) is 3.80. The first-order chi connectivity index (χ1) is 16.1. The Kier molecular flexibility index (Phi) is 5.76. The molecule has 0 saturated heterocycles. The van der Waals surface area contributed by atoms with E-state index in [1.807, 2.05) is 22.9 Å². The summed E-state index contributed by atoms with van der Waals surface area (Å²) in [7, 11) is 1.41. The van der Waals surface area contributed by atoms with Gasteiger partial charge in [0.05, 0.1) is 25.5 Å². The maximum Gasteiger partial charge on any atom is 0.273 e. The standard InChI is InChI=1S/C23H23FN6O2S/c1-32-19-6-7-20(33-2)17(22(19)24)9-25-23(31)18-13-30(28-27-18)12-16-11-29-10-15(14-3-4-14)5-8-21(29)26-16/h5-8,10-11,13-14H,3-4,9,12H2,1-2H3,(H,25,31). The molecule has 0 radical (unpaired) electrons. The SMILES string of the molecule is COc1ccc(SC)c(CNC(=O)c2cn(Cc3cn4cc(C5CC5)ccc4n3)nn2)c1F. The normalized spacial score (nSPS) is 13.4. The van der Waals surface area contributed by atoms with E-state index in [1.165, 1.54) is 37.3 Å². The summed E-state index contributed by atoms with van der Waals surface area (Å²) in [6.45, 7) is 0.405. The topological polar surface area (TPSA) is 86.3 Å². The van der Waals surface area contributed by atoms with Crippen LogP contribution in [-0.2, 0) is 13.1 Å². The van der Waals surface area contributed by atoms with E-state index in [1.54, 1.807) is 23.0 Å². The lowest BCUT2D eigenvalue weighted by atomic mass is 10.2. The molecule has 5 rings (SSSR count). The van der Waals surface area contributed by atoms with Crippen LogP contribution in [0.3, 0.4) is 0 Å². The van der Waals surface area contributed by atoms with Crippen LogP contribution < -0.4 is 10.1 Å². The molecule has 1 aliphatic rings. The average molecular weight is 467 g/mol. The van der Waals surface area contributed by atoms with Crippen LogP contribution in [0.15, 0.2) is 47.8 Å². The molecule has 10 heteroatoms. The summed E-state index contributed by atoms with van der Waals surface area (Å²) in [5, 5.41) is 10.7. The number of nitrogens with one attached hydrogen (secondary N) is 1. The lowest BCUT2D eigenvalue weighted by molar-refractivity contribution is 0.0945. The molecule has 3 aromatic heterocycles. The van der Waals surface area contributed by atoms with Crippen molar-refractivity contribution in [1.82, 2.24) is 29.7 Å². The van der Waals surface area contributed by atoms with Gasteiger partial charge in [0.15, 0.2) is 17.3 Å². The summed E-state index contributed by atoms with van der Waals surface area (Å²) >= 11 is 1.40. The monoisotopic (exact) mass is 466 g/mol. The van der Waals surface area contributed by atoms with Gasteiger partial charge in [-0.25, -0.2) is 14.1 Å². The highest BCUT2D eigenvalue weighted by Gasteiger charge is 2.24. The predicted octanol–water partition coefficient (Wildman–Crippen LogP) is 3.65. The zero-order valence-electron chi connectivity index (χ0n) is 18.3. The van der Waals surface area contributed by atoms with E-state index < -0.39 is 11.7 Å². The third kappa shape index (κ3) is 4.43. The first-order valence-electron chi connectivity index (χ1n) is 10.6. The van der Waals surface area contributed by atoms with E-state index in [-0.39, 0.29) is 18.0 Å². The fraction of sp³-hybridized carbons (Fsp3) is 0.304. The third-order valence-corrected chi connectivity index (χ3v) is 6.52. The maximum absolute atomic E-state index is 14.6. The van der Waals surface area contributed by atoms with Gasteiger partial charge in [-0.2, -0.15) is 0 Å². The van der Waals surface area contributed by atoms with E-state index in [0.29, 0.717) is 18.0 Å². The Bertz CT molecular complexity index is 1330. The van der Waals surface area contributed by atoms with Crippen molar-refractivity contribution in [2.75, 3.05) is 13.4 Å². The second-order valence-electron chi connectivity index (χ2n) is 7.98. The highest BCUT2D eigenvalue weighted by Crippen LogP contribution is 2.39. The molecule has 1 aliphatic carbocycles. The van der Waals surface area contributed by atoms with Crippen molar-refractivity contribution in [3.63, 3.8) is 0 Å². The second-order valence-corrected chi connectivity index (χ2v) is 8.83. The largest absolute Gasteiger partial charge is 0.494 e. The molecule has 1 fully saturated rings. The van der Waals surface area contributed by atoms with E-state index in [2.05, 4.69) is 32.9 Å². The first kappa shape index (κ1) is 21.4. The number of methoxy groups -OCH3 is 1. The van der Waals surface area contributed by atoms with Crippen molar-refractivity contribution in [1.29, 1.82) is 0 Å². The molecule has 1 aromatic carbocycles. The van der Waals surface area contributed by atoms with Gasteiger partial charge in [-0.15, -0.1) is 16.9 Å². The fourth-order valence-corrected chi connectivity index (χ4v) is 4.41. The van der Waals surface area contributed by atoms with Gasteiger partial charge in [0.2, 0.25) is 0 Å². The third-order valence-electron chi connectivity index (χ3n) is 5.70. The number of hydrogen-bond acceptors (Lipinski definition) is 6. The number of thioether (sulfide) groups is 1. The second kappa shape index (κ2) is 8.86. The van der Waals surface area contributed by atoms with Crippen molar-refractivity contribution in [2.45, 2.75) is 36.7 Å². The molecule has 0 unspecified atom stereocenters. The molecular weight excluding hydrogens is 443 g/mol. The van der Waals surface area contributed by atoms with Crippen LogP contribution in [0.4, 0.5) is 4.39 Å². The molecule has 1 saturated carbocycles. The summed E-state index contributed by atoms with van der Waals surface area (Å²) in [6, 6.07) is 7.50. The number of amides is 1. The number of fused-ring (bicyclic) bond motifs is 1. The van der Waals surface area contributed by atoms with Crippen molar-refractivity contribution in [3.05, 3.63) is 71.2 Å². The van der Waals surface area contributed by atoms with Crippen molar-refractivity contribution in [2.24, 2.45) is 0 Å². The number of aromatic nitrogens is 5. The van der Waals surface area contributed by atoms with Crippen LogP contribution in [0.1, 0.15) is 46.1 Å². The molecule has 1 N–H and O–H groups in total. The lowest BCUT2D eigenvalue weighted by Gasteiger charge is -2.12. The van der Waals surface area contributed by atoms with E-state index in [4.69, 9.17) is 4.74 Å². The number of nitrogens with zero attached hydrogens (tertiary/aromatic N) is 5. The zero-order chi connectivity index (χ0) is 22.9. The van der Waals surface area contributed by atoms with E-state index in [0.717, 1.165) is 16.2 Å². The molecule has 4 aromatic rings. The van der Waals surface area contributed by atoms with Crippen LogP contribution in [0.5, 0.6) is 5.75 Å². The lowest BCUT2D eigenvalue weighted by Crippen LogP contribution is -2.24. The number of ether oxygens (including phenoxy) is 1. The number of carbonyl (C=O) groups is 1. The highest BCUT2D eigenvalue weighted by molar-refractivity contribution is 7.98. The van der Waals surface area contributed by atoms with Gasteiger partial charge in [-0.3, -0.25) is 4.79 Å². The van der Waals surface area contributed by atoms with Gasteiger partial charge < -0.3 is 14.5 Å². The molecule has 0 spiro atoms. The van der Waals surface area contributed by atoms with Crippen LogP contribution in [0.2, 0.25) is 0 Å². The van der Waals surface area contributed by atoms with Crippen LogP contribution in [0, 0.1) is 5.82 Å². The Morgan fingerprint density at radius 1 is 1.24 bits per heavy atom. The summed E-state index contributed by atoms with van der Waals surface area (Å²) in [5.41, 5.74) is 3.56. The minimum absolute atomic E-state index is 0.0145. The van der Waals surface area contributed by atoms with E-state index in [9.17, 15) is 9.18 Å². The Morgan fingerprint density at radius 3 is 2.85 bits per heavy atom. The Balaban J connectivity index is 1.26. The number of halogens is 1. The zero-order valence-corrected chi connectivity index (χ0v) is 19.1. The number of carbonyl (C=O) groups excluding carboxylic acids is 1. The molecule has 3 heterocycles. The van der Waals surface area contributed by atoms with E-state index >= 15 is 0 Å². The van der Waals surface area contributed by atoms with Crippen molar-refractivity contribution in [3.8, 4) is 5.75 Å². The number of rotatable bonds is 8. The highest BCUT2D eigenvalue weighted by atomic mass is 32.2. The van der Waals surface area contributed by atoms with Crippen molar-refractivity contribution >= 4 is 23.3 Å². The number of pyridine rings is 1. The molecule has 0 aliphatic heterocycles. The predicted molar refractivity (Wildman–Crippen MR) is 122 cm³/mol. The summed E-state index contributed by atoms with van der Waals surface area (Å²) in [4.78, 5) is 17.9. The molecule has 33 heavy (non-hydrogen) atoms. The molecule has 170 valence electrons. The molecule has 1 amide bonds. The number of imidazole rings is 1. The molecular formula is C23H23FN6O2S. The molecule has 0 atom stereocenters. The van der Waals surface area contributed by atoms with Crippen LogP contribution >= 0.6 is 11.8 Å². The quantitative estimate of drug-likeness (QED) is 0.399. The minimum atomic E-state index is -0.481. The van der Waals surface area contributed by atoms with Gasteiger partial charge in [0.1, 0.15) is 5.65 Å². The Labute approximate surface area is 194 Å². The maximum atomic E-state index is 14.6.